The Hall–Kier alpha value is -3.36. The Morgan fingerprint density at radius 3 is 2.73 bits per heavy atom. The Labute approximate surface area is 193 Å². The minimum absolute atomic E-state index is 0.268. The third-order valence-electron chi connectivity index (χ3n) is 5.09. The summed E-state index contributed by atoms with van der Waals surface area (Å²) in [5.41, 5.74) is 8.84. The molecule has 9 heteroatoms. The summed E-state index contributed by atoms with van der Waals surface area (Å²) in [6.45, 7) is 9.24. The minimum atomic E-state index is -0.481. The monoisotopic (exact) mass is 455 g/mol. The molecule has 33 heavy (non-hydrogen) atoms. The summed E-state index contributed by atoms with van der Waals surface area (Å²) in [6.07, 6.45) is 2.51. The van der Waals surface area contributed by atoms with Gasteiger partial charge in [-0.05, 0) is 30.9 Å². The van der Waals surface area contributed by atoms with Crippen molar-refractivity contribution in [3.05, 3.63) is 24.0 Å². The Bertz CT molecular complexity index is 1140. The molecule has 0 aliphatic carbocycles. The number of hydrogen-bond donors (Lipinski definition) is 2. The largest absolute Gasteiger partial charge is 0.493 e. The molecule has 1 aromatic carbocycles. The number of aryl methyl sites for hydroxylation is 1. The Morgan fingerprint density at radius 1 is 1.24 bits per heavy atom. The van der Waals surface area contributed by atoms with E-state index in [1.165, 1.54) is 6.92 Å². The number of nitrogens with one attached hydrogen (secondary N) is 1. The van der Waals surface area contributed by atoms with E-state index in [0.29, 0.717) is 37.1 Å². The van der Waals surface area contributed by atoms with E-state index in [9.17, 15) is 9.59 Å². The lowest BCUT2D eigenvalue weighted by Crippen LogP contribution is -2.29. The van der Waals surface area contributed by atoms with Crippen molar-refractivity contribution in [3.8, 4) is 5.75 Å². The molecule has 2 aromatic heterocycles. The van der Waals surface area contributed by atoms with Crippen LogP contribution in [0.25, 0.3) is 21.9 Å². The highest BCUT2D eigenvalue weighted by Gasteiger charge is 2.18. The predicted octanol–water partition coefficient (Wildman–Crippen LogP) is 3.22. The normalized spacial score (nSPS) is 11.3. The summed E-state index contributed by atoms with van der Waals surface area (Å²) in [5.74, 6) is 1.80. The van der Waals surface area contributed by atoms with E-state index in [4.69, 9.17) is 15.5 Å². The van der Waals surface area contributed by atoms with Gasteiger partial charge in [-0.3, -0.25) is 9.59 Å². The van der Waals surface area contributed by atoms with Crippen molar-refractivity contribution in [1.82, 2.24) is 19.9 Å². The lowest BCUT2D eigenvalue weighted by molar-refractivity contribution is -0.146. The Balaban J connectivity index is 1.73. The van der Waals surface area contributed by atoms with Crippen molar-refractivity contribution in [3.63, 3.8) is 0 Å². The first-order valence-corrected chi connectivity index (χ1v) is 11.4. The number of rotatable bonds is 11. The van der Waals surface area contributed by atoms with E-state index in [0.717, 1.165) is 47.1 Å². The molecule has 3 rings (SSSR count). The van der Waals surface area contributed by atoms with E-state index >= 15 is 0 Å². The van der Waals surface area contributed by atoms with Crippen LogP contribution in [-0.4, -0.2) is 46.2 Å². The number of amides is 1. The van der Waals surface area contributed by atoms with E-state index in [-0.39, 0.29) is 12.5 Å². The van der Waals surface area contributed by atoms with Crippen LogP contribution < -0.4 is 15.8 Å². The fourth-order valence-corrected chi connectivity index (χ4v) is 3.71. The maximum atomic E-state index is 11.5. The fraction of sp³-hybridized carbons (Fsp3) is 0.500. The lowest BCUT2D eigenvalue weighted by atomic mass is 10.1. The van der Waals surface area contributed by atoms with Gasteiger partial charge in [0.2, 0.25) is 0 Å². The Kier molecular flexibility index (Phi) is 8.08. The van der Waals surface area contributed by atoms with Gasteiger partial charge in [-0.25, -0.2) is 9.97 Å². The second-order valence-electron chi connectivity index (χ2n) is 8.49. The van der Waals surface area contributed by atoms with Crippen molar-refractivity contribution in [2.75, 3.05) is 25.5 Å². The van der Waals surface area contributed by atoms with Crippen LogP contribution in [0, 0.1) is 5.92 Å². The first-order valence-electron chi connectivity index (χ1n) is 11.4. The van der Waals surface area contributed by atoms with Gasteiger partial charge in [-0.15, -0.1) is 0 Å². The standard InChI is InChI=1S/C24H33N5O4/c1-5-7-20-28-22-23(29(20)13-15(2)3)18-9-8-17(12-19(18)27-24(22)25)32-11-6-10-26-21(31)14-33-16(4)30/h8-9,12,15H,5-7,10-11,13-14H2,1-4H3,(H2,25,27)(H,26,31). The molecule has 0 fully saturated rings. The summed E-state index contributed by atoms with van der Waals surface area (Å²) in [5, 5.41) is 3.68. The first kappa shape index (κ1) is 24.3. The van der Waals surface area contributed by atoms with E-state index < -0.39 is 5.97 Å². The highest BCUT2D eigenvalue weighted by molar-refractivity contribution is 6.07. The first-order chi connectivity index (χ1) is 15.8. The maximum absolute atomic E-state index is 11.5. The molecule has 9 nitrogen and oxygen atoms in total. The van der Waals surface area contributed by atoms with Crippen LogP contribution in [0.3, 0.4) is 0 Å². The number of aromatic nitrogens is 3. The number of fused-ring (bicyclic) bond motifs is 3. The van der Waals surface area contributed by atoms with Gasteiger partial charge in [0, 0.05) is 37.9 Å². The zero-order valence-corrected chi connectivity index (χ0v) is 19.8. The van der Waals surface area contributed by atoms with Gasteiger partial charge < -0.3 is 25.1 Å². The molecule has 2 heterocycles. The number of nitrogens with zero attached hydrogens (tertiary/aromatic N) is 3. The number of hydrogen-bond acceptors (Lipinski definition) is 7. The van der Waals surface area contributed by atoms with E-state index in [1.807, 2.05) is 18.2 Å². The zero-order chi connectivity index (χ0) is 24.0. The maximum Gasteiger partial charge on any atom is 0.303 e. The van der Waals surface area contributed by atoms with Gasteiger partial charge in [0.25, 0.3) is 5.91 Å². The van der Waals surface area contributed by atoms with Crippen LogP contribution >= 0.6 is 0 Å². The number of imidazole rings is 1. The van der Waals surface area contributed by atoms with Crippen LogP contribution in [0.1, 0.15) is 46.4 Å². The van der Waals surface area contributed by atoms with Crippen molar-refractivity contribution >= 4 is 39.6 Å². The number of anilines is 1. The number of benzene rings is 1. The van der Waals surface area contributed by atoms with Gasteiger partial charge >= 0.3 is 5.97 Å². The quantitative estimate of drug-likeness (QED) is 0.336. The molecule has 0 aliphatic heterocycles. The predicted molar refractivity (Wildman–Crippen MR) is 128 cm³/mol. The molecule has 0 aliphatic rings. The number of esters is 1. The van der Waals surface area contributed by atoms with E-state index in [2.05, 4.69) is 40.4 Å². The van der Waals surface area contributed by atoms with Crippen molar-refractivity contribution in [1.29, 1.82) is 0 Å². The third-order valence-corrected chi connectivity index (χ3v) is 5.09. The summed E-state index contributed by atoms with van der Waals surface area (Å²) in [7, 11) is 0. The number of nitrogens with two attached hydrogens (primary N) is 1. The SMILES string of the molecule is CCCc1nc2c(N)nc3cc(OCCCNC(=O)COC(C)=O)ccc3c2n1CC(C)C. The van der Waals surface area contributed by atoms with Crippen LogP contribution in [0.5, 0.6) is 5.75 Å². The van der Waals surface area contributed by atoms with Gasteiger partial charge in [0.1, 0.15) is 17.1 Å². The molecule has 0 atom stereocenters. The van der Waals surface area contributed by atoms with Gasteiger partial charge in [-0.1, -0.05) is 20.8 Å². The van der Waals surface area contributed by atoms with Crippen molar-refractivity contribution in [2.24, 2.45) is 5.92 Å². The number of pyridine rings is 1. The summed E-state index contributed by atoms with van der Waals surface area (Å²) < 4.78 is 12.8. The number of nitrogen functional groups attached to an aromatic ring is 1. The second-order valence-corrected chi connectivity index (χ2v) is 8.49. The molecule has 1 amide bonds. The average molecular weight is 456 g/mol. The Morgan fingerprint density at radius 2 is 2.03 bits per heavy atom. The van der Waals surface area contributed by atoms with Gasteiger partial charge in [0.05, 0.1) is 17.6 Å². The van der Waals surface area contributed by atoms with Crippen LogP contribution in [0.15, 0.2) is 18.2 Å². The molecule has 0 saturated heterocycles. The van der Waals surface area contributed by atoms with Crippen LogP contribution in [-0.2, 0) is 27.3 Å². The molecule has 0 bridgehead atoms. The average Bonchev–Trinajstić information content (AvgIpc) is 3.10. The fourth-order valence-electron chi connectivity index (χ4n) is 3.71. The summed E-state index contributed by atoms with van der Waals surface area (Å²) in [4.78, 5) is 31.7. The molecule has 3 aromatic rings. The molecule has 0 radical (unpaired) electrons. The molecule has 3 N–H and O–H groups in total. The third kappa shape index (κ3) is 6.12. The topological polar surface area (TPSA) is 121 Å². The molecule has 0 saturated carbocycles. The number of ether oxygens (including phenoxy) is 2. The van der Waals surface area contributed by atoms with Crippen LogP contribution in [0.2, 0.25) is 0 Å². The summed E-state index contributed by atoms with van der Waals surface area (Å²) in [6, 6.07) is 5.82. The molecule has 178 valence electrons. The van der Waals surface area contributed by atoms with Gasteiger partial charge in [0.15, 0.2) is 12.4 Å². The minimum Gasteiger partial charge on any atom is -0.493 e. The zero-order valence-electron chi connectivity index (χ0n) is 19.8. The molecule has 0 unspecified atom stereocenters. The highest BCUT2D eigenvalue weighted by Crippen LogP contribution is 2.31. The van der Waals surface area contributed by atoms with E-state index in [1.54, 1.807) is 0 Å². The summed E-state index contributed by atoms with van der Waals surface area (Å²) >= 11 is 0. The molecular formula is C24H33N5O4. The smallest absolute Gasteiger partial charge is 0.303 e. The van der Waals surface area contributed by atoms with Crippen molar-refractivity contribution < 1.29 is 19.1 Å². The highest BCUT2D eigenvalue weighted by atomic mass is 16.5. The van der Waals surface area contributed by atoms with Gasteiger partial charge in [-0.2, -0.15) is 0 Å². The number of carbonyl (C=O) groups excluding carboxylic acids is 2. The van der Waals surface area contributed by atoms with Crippen LogP contribution in [0.4, 0.5) is 5.82 Å². The number of carbonyl (C=O) groups is 2. The molecule has 0 spiro atoms. The van der Waals surface area contributed by atoms with Crippen molar-refractivity contribution in [2.45, 2.75) is 53.5 Å². The second kappa shape index (κ2) is 11.0. The lowest BCUT2D eigenvalue weighted by Gasteiger charge is -2.13. The molecular weight excluding hydrogens is 422 g/mol.